The van der Waals surface area contributed by atoms with E-state index in [-0.39, 0.29) is 24.2 Å². The van der Waals surface area contributed by atoms with Crippen LogP contribution in [0.15, 0.2) is 45.7 Å². The maximum atomic E-state index is 13.4. The fourth-order valence-corrected chi connectivity index (χ4v) is 5.00. The van der Waals surface area contributed by atoms with E-state index in [2.05, 4.69) is 47.1 Å². The number of carbonyl (C=O) groups is 1. The highest BCUT2D eigenvalue weighted by Gasteiger charge is 2.25. The van der Waals surface area contributed by atoms with E-state index in [0.29, 0.717) is 30.3 Å². The van der Waals surface area contributed by atoms with E-state index in [1.165, 1.54) is 16.8 Å². The van der Waals surface area contributed by atoms with Crippen molar-refractivity contribution < 1.29 is 9.32 Å². The van der Waals surface area contributed by atoms with Gasteiger partial charge in [-0.3, -0.25) is 13.9 Å². The van der Waals surface area contributed by atoms with Crippen molar-refractivity contribution in [1.29, 1.82) is 0 Å². The third-order valence-electron chi connectivity index (χ3n) is 7.11. The molecule has 2 aromatic carbocycles. The van der Waals surface area contributed by atoms with Crippen molar-refractivity contribution in [3.8, 4) is 11.4 Å². The molecule has 0 atom stereocenters. The van der Waals surface area contributed by atoms with Crippen LogP contribution in [0.3, 0.4) is 0 Å². The van der Waals surface area contributed by atoms with Gasteiger partial charge in [0, 0.05) is 50.4 Å². The van der Waals surface area contributed by atoms with Crippen molar-refractivity contribution in [2.24, 2.45) is 0 Å². The van der Waals surface area contributed by atoms with E-state index >= 15 is 0 Å². The second-order valence-corrected chi connectivity index (χ2v) is 9.76. The molecule has 1 saturated heterocycles. The van der Waals surface area contributed by atoms with Gasteiger partial charge in [-0.15, -0.1) is 0 Å². The Morgan fingerprint density at radius 3 is 2.44 bits per heavy atom. The summed E-state index contributed by atoms with van der Waals surface area (Å²) in [5.41, 5.74) is 5.79. The van der Waals surface area contributed by atoms with E-state index in [1.807, 2.05) is 36.9 Å². The number of nitrogens with zero attached hydrogens (tertiary/aromatic N) is 6. The lowest BCUT2D eigenvalue weighted by molar-refractivity contribution is -0.132. The molecule has 9 heteroatoms. The number of aromatic nitrogens is 4. The summed E-state index contributed by atoms with van der Waals surface area (Å²) in [6.07, 6.45) is 0. The fourth-order valence-electron chi connectivity index (χ4n) is 5.00. The Bertz CT molecular complexity index is 1490. The summed E-state index contributed by atoms with van der Waals surface area (Å²) >= 11 is 0. The van der Waals surface area contributed by atoms with Crippen molar-refractivity contribution in [3.63, 3.8) is 0 Å². The van der Waals surface area contributed by atoms with Crippen molar-refractivity contribution in [2.45, 2.75) is 47.2 Å². The quantitative estimate of drug-likeness (QED) is 0.426. The molecule has 36 heavy (non-hydrogen) atoms. The predicted molar refractivity (Wildman–Crippen MR) is 139 cm³/mol. The Hall–Kier alpha value is -3.88. The number of rotatable bonds is 5. The lowest BCUT2D eigenvalue weighted by atomic mass is 10.1. The summed E-state index contributed by atoms with van der Waals surface area (Å²) in [6.45, 7) is 12.7. The molecule has 5 rings (SSSR count). The van der Waals surface area contributed by atoms with E-state index in [9.17, 15) is 9.59 Å². The highest BCUT2D eigenvalue weighted by molar-refractivity contribution is 5.84. The zero-order valence-corrected chi connectivity index (χ0v) is 21.5. The number of carbonyl (C=O) groups excluding carboxylic acids is 1. The molecule has 3 heterocycles. The standard InChI is InChI=1S/C27H32N6O3/c1-17(2)33-23-10-9-21(26-28-20(5)36-29-26)15-24(23)32(27(33)35)16-25(34)31-13-11-30(12-14-31)22-8-6-7-18(3)19(22)4/h6-10,15,17H,11-14,16H2,1-5H3. The fraction of sp³-hybridized carbons (Fsp3) is 0.407. The van der Waals surface area contributed by atoms with Crippen LogP contribution in [-0.2, 0) is 11.3 Å². The lowest BCUT2D eigenvalue weighted by Crippen LogP contribution is -2.50. The maximum Gasteiger partial charge on any atom is 0.329 e. The molecule has 0 N–H and O–H groups in total. The molecular formula is C27H32N6O3. The third-order valence-corrected chi connectivity index (χ3v) is 7.11. The number of imidazole rings is 1. The van der Waals surface area contributed by atoms with Crippen LogP contribution in [-0.4, -0.2) is 56.3 Å². The molecule has 4 aromatic rings. The largest absolute Gasteiger partial charge is 0.368 e. The first kappa shape index (κ1) is 23.8. The molecule has 0 aliphatic carbocycles. The van der Waals surface area contributed by atoms with Gasteiger partial charge in [0.15, 0.2) is 0 Å². The molecule has 2 aromatic heterocycles. The Balaban J connectivity index is 1.40. The molecule has 0 radical (unpaired) electrons. The monoisotopic (exact) mass is 488 g/mol. The summed E-state index contributed by atoms with van der Waals surface area (Å²) in [5.74, 6) is 0.873. The average Bonchev–Trinajstić information content (AvgIpc) is 3.41. The number of amides is 1. The van der Waals surface area contributed by atoms with Crippen LogP contribution in [0.4, 0.5) is 5.69 Å². The van der Waals surface area contributed by atoms with Crippen molar-refractivity contribution >= 4 is 22.6 Å². The third kappa shape index (κ3) is 4.19. The molecule has 188 valence electrons. The minimum Gasteiger partial charge on any atom is -0.368 e. The number of fused-ring (bicyclic) bond motifs is 1. The summed E-state index contributed by atoms with van der Waals surface area (Å²) in [5, 5.41) is 4.00. The highest BCUT2D eigenvalue weighted by atomic mass is 16.5. The van der Waals surface area contributed by atoms with Gasteiger partial charge in [-0.05, 0) is 63.1 Å². The second kappa shape index (κ2) is 9.29. The normalized spacial score (nSPS) is 14.3. The zero-order valence-electron chi connectivity index (χ0n) is 21.5. The molecule has 0 spiro atoms. The molecule has 0 saturated carbocycles. The number of piperazine rings is 1. The van der Waals surface area contributed by atoms with Gasteiger partial charge in [-0.2, -0.15) is 4.98 Å². The molecule has 1 aliphatic rings. The Labute approximate surface area is 209 Å². The summed E-state index contributed by atoms with van der Waals surface area (Å²) in [4.78, 5) is 35.3. The van der Waals surface area contributed by atoms with Crippen LogP contribution < -0.4 is 10.6 Å². The SMILES string of the molecule is Cc1nc(-c2ccc3c(c2)n(CC(=O)N2CCN(c4cccc(C)c4C)CC2)c(=O)n3C(C)C)no1. The maximum absolute atomic E-state index is 13.4. The van der Waals surface area contributed by atoms with Gasteiger partial charge in [0.1, 0.15) is 6.54 Å². The van der Waals surface area contributed by atoms with Crippen LogP contribution in [0.5, 0.6) is 0 Å². The van der Waals surface area contributed by atoms with Crippen molar-refractivity contribution in [1.82, 2.24) is 24.2 Å². The number of anilines is 1. The molecular weight excluding hydrogens is 456 g/mol. The van der Waals surface area contributed by atoms with Crippen LogP contribution in [0.2, 0.25) is 0 Å². The average molecular weight is 489 g/mol. The van der Waals surface area contributed by atoms with Crippen LogP contribution in [0, 0.1) is 20.8 Å². The minimum absolute atomic E-state index is 0.00670. The number of aryl methyl sites for hydroxylation is 2. The first-order valence-corrected chi connectivity index (χ1v) is 12.4. The Morgan fingerprint density at radius 2 is 1.78 bits per heavy atom. The summed E-state index contributed by atoms with van der Waals surface area (Å²) in [7, 11) is 0. The molecule has 1 amide bonds. The Kier molecular flexibility index (Phi) is 6.15. The van der Waals surface area contributed by atoms with Crippen molar-refractivity contribution in [2.75, 3.05) is 31.1 Å². The van der Waals surface area contributed by atoms with Gasteiger partial charge in [-0.25, -0.2) is 4.79 Å². The molecule has 1 fully saturated rings. The van der Waals surface area contributed by atoms with Crippen molar-refractivity contribution in [3.05, 3.63) is 63.9 Å². The molecule has 0 bridgehead atoms. The first-order chi connectivity index (χ1) is 17.2. The molecule has 1 aliphatic heterocycles. The topological polar surface area (TPSA) is 89.4 Å². The minimum atomic E-state index is -0.191. The Morgan fingerprint density at radius 1 is 1.03 bits per heavy atom. The van der Waals surface area contributed by atoms with Gasteiger partial charge >= 0.3 is 5.69 Å². The zero-order chi connectivity index (χ0) is 25.6. The van der Waals surface area contributed by atoms with Gasteiger partial charge in [0.25, 0.3) is 0 Å². The molecule has 0 unspecified atom stereocenters. The molecule has 9 nitrogen and oxygen atoms in total. The summed E-state index contributed by atoms with van der Waals surface area (Å²) < 4.78 is 8.43. The van der Waals surface area contributed by atoms with Gasteiger partial charge in [0.05, 0.1) is 11.0 Å². The van der Waals surface area contributed by atoms with Crippen LogP contribution in [0.1, 0.15) is 36.9 Å². The highest BCUT2D eigenvalue weighted by Crippen LogP contribution is 2.26. The van der Waals surface area contributed by atoms with Crippen LogP contribution in [0.25, 0.3) is 22.4 Å². The van der Waals surface area contributed by atoms with Crippen LogP contribution >= 0.6 is 0 Å². The van der Waals surface area contributed by atoms with E-state index in [1.54, 1.807) is 16.1 Å². The van der Waals surface area contributed by atoms with Gasteiger partial charge in [-0.1, -0.05) is 17.3 Å². The predicted octanol–water partition coefficient (Wildman–Crippen LogP) is 3.71. The van der Waals surface area contributed by atoms with Gasteiger partial charge < -0.3 is 14.3 Å². The smallest absolute Gasteiger partial charge is 0.329 e. The van der Waals surface area contributed by atoms with E-state index < -0.39 is 0 Å². The van der Waals surface area contributed by atoms with E-state index in [0.717, 1.165) is 24.2 Å². The first-order valence-electron chi connectivity index (χ1n) is 12.4. The number of benzene rings is 2. The second-order valence-electron chi connectivity index (χ2n) is 9.76. The van der Waals surface area contributed by atoms with E-state index in [4.69, 9.17) is 4.52 Å². The number of hydrogen-bond donors (Lipinski definition) is 0. The summed E-state index contributed by atoms with van der Waals surface area (Å²) in [6, 6.07) is 11.9. The lowest BCUT2D eigenvalue weighted by Gasteiger charge is -2.37. The van der Waals surface area contributed by atoms with Gasteiger partial charge in [0.2, 0.25) is 17.6 Å². The number of hydrogen-bond acceptors (Lipinski definition) is 6.